The van der Waals surface area contributed by atoms with Crippen LogP contribution in [0.5, 0.6) is 0 Å². The fourth-order valence-electron chi connectivity index (χ4n) is 1.15. The van der Waals surface area contributed by atoms with Gasteiger partial charge in [-0.05, 0) is 18.6 Å². The lowest BCUT2D eigenvalue weighted by Crippen LogP contribution is -2.15. The van der Waals surface area contributed by atoms with Crippen LogP contribution in [0.25, 0.3) is 0 Å². The fraction of sp³-hybridized carbons (Fsp3) is 0.375. The van der Waals surface area contributed by atoms with Gasteiger partial charge in [0, 0.05) is 12.7 Å². The molecule has 11 heavy (non-hydrogen) atoms. The largest absolute Gasteiger partial charge is 0.273 e. The van der Waals surface area contributed by atoms with Gasteiger partial charge in [0.15, 0.2) is 0 Å². The normalized spacial score (nSPS) is 17.3. The number of rotatable bonds is 1. The van der Waals surface area contributed by atoms with Crippen molar-refractivity contribution in [3.8, 4) is 0 Å². The van der Waals surface area contributed by atoms with Gasteiger partial charge in [0.25, 0.3) is 0 Å². The van der Waals surface area contributed by atoms with Crippen LogP contribution in [0.2, 0.25) is 0 Å². The molecule has 3 nitrogen and oxygen atoms in total. The Morgan fingerprint density at radius 1 is 1.55 bits per heavy atom. The molecule has 0 radical (unpaired) electrons. The molecule has 2 heterocycles. The summed E-state index contributed by atoms with van der Waals surface area (Å²) in [4.78, 5) is 9.34. The first-order valence-electron chi connectivity index (χ1n) is 3.77. The molecule has 0 atom stereocenters. The summed E-state index contributed by atoms with van der Waals surface area (Å²) in [5, 5.41) is 1.88. The average molecular weight is 150 g/mol. The Kier molecular flexibility index (Phi) is 1.73. The third-order valence-electron chi connectivity index (χ3n) is 1.69. The molecule has 3 heteroatoms. The summed E-state index contributed by atoms with van der Waals surface area (Å²) in [7, 11) is 0. The zero-order valence-corrected chi connectivity index (χ0v) is 6.23. The molecule has 0 amide bonds. The molecule has 1 aliphatic heterocycles. The molecule has 2 rings (SSSR count). The van der Waals surface area contributed by atoms with Gasteiger partial charge in [-0.25, -0.2) is 0 Å². The van der Waals surface area contributed by atoms with Crippen LogP contribution in [0.3, 0.4) is 0 Å². The quantitative estimate of drug-likeness (QED) is 0.602. The van der Waals surface area contributed by atoms with Crippen molar-refractivity contribution in [3.05, 3.63) is 24.5 Å². The van der Waals surface area contributed by atoms with Crippen molar-refractivity contribution in [2.75, 3.05) is 18.2 Å². The van der Waals surface area contributed by atoms with Crippen molar-refractivity contribution in [2.24, 2.45) is 0 Å². The molecule has 1 saturated heterocycles. The maximum atomic E-state index is 5.33. The highest BCUT2D eigenvalue weighted by Gasteiger charge is 2.12. The minimum atomic E-state index is 0.828. The zero-order chi connectivity index (χ0) is 7.52. The van der Waals surface area contributed by atoms with Crippen LogP contribution >= 0.6 is 0 Å². The molecule has 1 aliphatic rings. The smallest absolute Gasteiger partial charge is 0.0819 e. The van der Waals surface area contributed by atoms with Crippen LogP contribution in [0.4, 0.5) is 5.69 Å². The standard InChI is InChI=1S/C8H10N2O/c1-3-8(7-9-4-1)10-5-2-6-11-10/h1,3-4,7H,2,5-6H2. The van der Waals surface area contributed by atoms with Gasteiger partial charge in [-0.2, -0.15) is 0 Å². The molecule has 58 valence electrons. The van der Waals surface area contributed by atoms with Gasteiger partial charge in [0.05, 0.1) is 18.5 Å². The van der Waals surface area contributed by atoms with Gasteiger partial charge in [0.1, 0.15) is 0 Å². The second kappa shape index (κ2) is 2.88. The predicted molar refractivity (Wildman–Crippen MR) is 42.2 cm³/mol. The highest BCUT2D eigenvalue weighted by molar-refractivity contribution is 5.40. The summed E-state index contributed by atoms with van der Waals surface area (Å²) in [6.45, 7) is 1.81. The summed E-state index contributed by atoms with van der Waals surface area (Å²) >= 11 is 0. The van der Waals surface area contributed by atoms with E-state index >= 15 is 0 Å². The summed E-state index contributed by atoms with van der Waals surface area (Å²) in [6.07, 6.45) is 4.68. The first kappa shape index (κ1) is 6.61. The summed E-state index contributed by atoms with van der Waals surface area (Å²) in [5.41, 5.74) is 1.05. The van der Waals surface area contributed by atoms with Gasteiger partial charge in [0.2, 0.25) is 0 Å². The van der Waals surface area contributed by atoms with E-state index in [1.54, 1.807) is 6.20 Å². The molecular formula is C8H10N2O. The van der Waals surface area contributed by atoms with Crippen LogP contribution in [0, 0.1) is 0 Å². The Morgan fingerprint density at radius 2 is 2.55 bits per heavy atom. The lowest BCUT2D eigenvalue weighted by molar-refractivity contribution is 0.168. The van der Waals surface area contributed by atoms with E-state index in [0.29, 0.717) is 0 Å². The molecule has 1 aromatic heterocycles. The molecule has 0 saturated carbocycles. The molecule has 1 aromatic rings. The van der Waals surface area contributed by atoms with Crippen LogP contribution in [-0.4, -0.2) is 18.1 Å². The topological polar surface area (TPSA) is 25.4 Å². The monoisotopic (exact) mass is 150 g/mol. The van der Waals surface area contributed by atoms with Crippen molar-refractivity contribution in [2.45, 2.75) is 6.42 Å². The maximum Gasteiger partial charge on any atom is 0.0819 e. The van der Waals surface area contributed by atoms with Crippen molar-refractivity contribution in [1.82, 2.24) is 4.98 Å². The number of nitrogens with zero attached hydrogens (tertiary/aromatic N) is 2. The summed E-state index contributed by atoms with van der Waals surface area (Å²) < 4.78 is 0. The fourth-order valence-corrected chi connectivity index (χ4v) is 1.15. The van der Waals surface area contributed by atoms with E-state index in [2.05, 4.69) is 4.98 Å². The van der Waals surface area contributed by atoms with Crippen molar-refractivity contribution in [3.63, 3.8) is 0 Å². The molecule has 0 aromatic carbocycles. The van der Waals surface area contributed by atoms with E-state index in [-0.39, 0.29) is 0 Å². The third-order valence-corrected chi connectivity index (χ3v) is 1.69. The zero-order valence-electron chi connectivity index (χ0n) is 6.23. The second-order valence-corrected chi connectivity index (χ2v) is 2.50. The first-order chi connectivity index (χ1) is 5.47. The predicted octanol–water partition coefficient (Wildman–Crippen LogP) is 1.22. The lowest BCUT2D eigenvalue weighted by Gasteiger charge is -2.14. The highest BCUT2D eigenvalue weighted by atomic mass is 16.7. The van der Waals surface area contributed by atoms with Gasteiger partial charge in [-0.3, -0.25) is 14.9 Å². The number of pyridine rings is 1. The van der Waals surface area contributed by atoms with E-state index in [1.165, 1.54) is 0 Å². The highest BCUT2D eigenvalue weighted by Crippen LogP contribution is 2.16. The van der Waals surface area contributed by atoms with E-state index in [1.807, 2.05) is 23.4 Å². The SMILES string of the molecule is c1cncc(N2CCCO2)c1. The maximum absolute atomic E-state index is 5.33. The Hall–Kier alpha value is -1.09. The summed E-state index contributed by atoms with van der Waals surface area (Å²) in [6, 6.07) is 3.91. The van der Waals surface area contributed by atoms with E-state index in [4.69, 9.17) is 4.84 Å². The van der Waals surface area contributed by atoms with Crippen molar-refractivity contribution >= 4 is 5.69 Å². The van der Waals surface area contributed by atoms with Crippen LogP contribution in [0.15, 0.2) is 24.5 Å². The van der Waals surface area contributed by atoms with Crippen LogP contribution in [-0.2, 0) is 4.84 Å². The number of aromatic nitrogens is 1. The minimum Gasteiger partial charge on any atom is -0.273 e. The number of hydrogen-bond donors (Lipinski definition) is 0. The Labute approximate surface area is 65.6 Å². The molecule has 1 fully saturated rings. The number of hydrogen-bond acceptors (Lipinski definition) is 3. The first-order valence-corrected chi connectivity index (χ1v) is 3.77. The molecule has 0 N–H and O–H groups in total. The van der Waals surface area contributed by atoms with Gasteiger partial charge >= 0.3 is 0 Å². The van der Waals surface area contributed by atoms with Crippen molar-refractivity contribution < 1.29 is 4.84 Å². The number of anilines is 1. The van der Waals surface area contributed by atoms with E-state index < -0.39 is 0 Å². The van der Waals surface area contributed by atoms with Crippen LogP contribution < -0.4 is 5.06 Å². The van der Waals surface area contributed by atoms with Gasteiger partial charge < -0.3 is 0 Å². The van der Waals surface area contributed by atoms with Crippen molar-refractivity contribution in [1.29, 1.82) is 0 Å². The average Bonchev–Trinajstić information content (AvgIpc) is 2.58. The second-order valence-electron chi connectivity index (χ2n) is 2.50. The molecule has 0 aliphatic carbocycles. The molecule has 0 spiro atoms. The molecule has 0 unspecified atom stereocenters. The Morgan fingerprint density at radius 3 is 3.18 bits per heavy atom. The molecular weight excluding hydrogens is 140 g/mol. The number of hydroxylamine groups is 1. The third kappa shape index (κ3) is 1.33. The van der Waals surface area contributed by atoms with Gasteiger partial charge in [-0.1, -0.05) is 0 Å². The lowest BCUT2D eigenvalue weighted by atomic mass is 10.4. The Bertz CT molecular complexity index is 219. The van der Waals surface area contributed by atoms with E-state index in [0.717, 1.165) is 25.3 Å². The Balaban J connectivity index is 2.16. The van der Waals surface area contributed by atoms with Crippen LogP contribution in [0.1, 0.15) is 6.42 Å². The minimum absolute atomic E-state index is 0.828. The molecule has 0 bridgehead atoms. The van der Waals surface area contributed by atoms with E-state index in [9.17, 15) is 0 Å². The summed E-state index contributed by atoms with van der Waals surface area (Å²) in [5.74, 6) is 0. The van der Waals surface area contributed by atoms with Gasteiger partial charge in [-0.15, -0.1) is 0 Å².